The molecule has 0 amide bonds. The van der Waals surface area contributed by atoms with E-state index in [1.807, 2.05) is 47.6 Å². The van der Waals surface area contributed by atoms with Crippen molar-refractivity contribution < 1.29 is 34.0 Å². The molecule has 2 saturated heterocycles. The summed E-state index contributed by atoms with van der Waals surface area (Å²) in [6.07, 6.45) is 7.51. The van der Waals surface area contributed by atoms with Crippen molar-refractivity contribution in [3.63, 3.8) is 0 Å². The van der Waals surface area contributed by atoms with E-state index in [9.17, 15) is 15.0 Å². The summed E-state index contributed by atoms with van der Waals surface area (Å²) >= 11 is 0. The highest BCUT2D eigenvalue weighted by Crippen LogP contribution is 2.70. The summed E-state index contributed by atoms with van der Waals surface area (Å²) in [4.78, 5) is 13.8. The molecule has 7 heteroatoms. The van der Waals surface area contributed by atoms with E-state index in [-0.39, 0.29) is 47.3 Å². The molecular formula is C33H52O7. The first-order valence-electron chi connectivity index (χ1n) is 15.7. The second-order valence-electron chi connectivity index (χ2n) is 16.3. The van der Waals surface area contributed by atoms with Crippen LogP contribution in [0.4, 0.5) is 0 Å². The molecule has 0 aromatic carbocycles. The molecule has 0 unspecified atom stereocenters. The Morgan fingerprint density at radius 2 is 1.60 bits per heavy atom. The first-order chi connectivity index (χ1) is 18.2. The predicted molar refractivity (Wildman–Crippen MR) is 150 cm³/mol. The first kappa shape index (κ1) is 29.3. The van der Waals surface area contributed by atoms with Gasteiger partial charge in [-0.25, -0.2) is 0 Å². The molecule has 2 heterocycles. The van der Waals surface area contributed by atoms with Crippen LogP contribution >= 0.6 is 0 Å². The Morgan fingerprint density at radius 1 is 0.925 bits per heavy atom. The molecule has 226 valence electrons. The SMILES string of the molecule is CC(C)(O)CC[C@H]1OC(C)(C)O[C@]1(C)[C@H]1CC[C@@]2(O)C3=CC(=O)[C@@H]4C[C@H]5OC(C)(C)O[C@H]5C[C@@]4(C)[C@H]3CC[C@@]12C. The Labute approximate surface area is 240 Å². The van der Waals surface area contributed by atoms with Gasteiger partial charge in [0.05, 0.1) is 35.1 Å². The number of allylic oxidation sites excluding steroid dienone is 1. The summed E-state index contributed by atoms with van der Waals surface area (Å²) in [6.45, 7) is 18.2. The molecule has 0 radical (unpaired) electrons. The number of rotatable bonds is 4. The van der Waals surface area contributed by atoms with E-state index >= 15 is 0 Å². The zero-order valence-corrected chi connectivity index (χ0v) is 26.1. The average Bonchev–Trinajstić information content (AvgIpc) is 3.34. The van der Waals surface area contributed by atoms with Gasteiger partial charge in [-0.2, -0.15) is 0 Å². The highest BCUT2D eigenvalue weighted by molar-refractivity contribution is 5.95. The molecule has 2 aliphatic heterocycles. The Morgan fingerprint density at radius 3 is 2.27 bits per heavy atom. The monoisotopic (exact) mass is 560 g/mol. The topological polar surface area (TPSA) is 94.5 Å². The molecule has 2 N–H and O–H groups in total. The normalized spacial score (nSPS) is 51.1. The lowest BCUT2D eigenvalue weighted by Gasteiger charge is -2.60. The van der Waals surface area contributed by atoms with Gasteiger partial charge in [0.15, 0.2) is 17.4 Å². The zero-order valence-electron chi connectivity index (χ0n) is 26.1. The van der Waals surface area contributed by atoms with E-state index in [0.29, 0.717) is 25.7 Å². The van der Waals surface area contributed by atoms with Crippen molar-refractivity contribution in [3.8, 4) is 0 Å². The number of hydrogen-bond acceptors (Lipinski definition) is 7. The van der Waals surface area contributed by atoms with Gasteiger partial charge in [0.25, 0.3) is 0 Å². The van der Waals surface area contributed by atoms with Crippen LogP contribution in [0.1, 0.15) is 114 Å². The zero-order chi connectivity index (χ0) is 29.3. The molecular weight excluding hydrogens is 508 g/mol. The van der Waals surface area contributed by atoms with Crippen LogP contribution in [0.3, 0.4) is 0 Å². The lowest BCUT2D eigenvalue weighted by atomic mass is 9.45. The minimum atomic E-state index is -1.08. The van der Waals surface area contributed by atoms with Crippen molar-refractivity contribution in [2.75, 3.05) is 0 Å². The third-order valence-corrected chi connectivity index (χ3v) is 12.2. The van der Waals surface area contributed by atoms with E-state index in [4.69, 9.17) is 18.9 Å². The minimum absolute atomic E-state index is 0.0237. The maximum Gasteiger partial charge on any atom is 0.164 e. The van der Waals surface area contributed by atoms with Gasteiger partial charge in [0.1, 0.15) is 0 Å². The van der Waals surface area contributed by atoms with Crippen molar-refractivity contribution in [2.45, 2.75) is 160 Å². The maximum atomic E-state index is 13.8. The van der Waals surface area contributed by atoms with Crippen LogP contribution in [0.25, 0.3) is 0 Å². The minimum Gasteiger partial charge on any atom is -0.390 e. The summed E-state index contributed by atoms with van der Waals surface area (Å²) in [6, 6.07) is 0. The van der Waals surface area contributed by atoms with Crippen LogP contribution in [0.2, 0.25) is 0 Å². The molecule has 0 aromatic rings. The molecule has 0 aromatic heterocycles. The fraction of sp³-hybridized carbons (Fsp3) is 0.909. The van der Waals surface area contributed by atoms with E-state index in [1.165, 1.54) is 0 Å². The van der Waals surface area contributed by atoms with Crippen molar-refractivity contribution >= 4 is 5.78 Å². The Kier molecular flexibility index (Phi) is 6.31. The van der Waals surface area contributed by atoms with Crippen LogP contribution in [0.5, 0.6) is 0 Å². The molecule has 40 heavy (non-hydrogen) atoms. The number of carbonyl (C=O) groups excluding carboxylic acids is 1. The Hall–Kier alpha value is -0.830. The summed E-state index contributed by atoms with van der Waals surface area (Å²) in [5.74, 6) is -1.17. The van der Waals surface area contributed by atoms with Gasteiger partial charge in [-0.15, -0.1) is 0 Å². The number of carbonyl (C=O) groups is 1. The molecule has 0 spiro atoms. The van der Waals surface area contributed by atoms with Gasteiger partial charge in [-0.05, 0) is 129 Å². The van der Waals surface area contributed by atoms with E-state index in [1.54, 1.807) is 0 Å². The molecule has 0 bridgehead atoms. The smallest absolute Gasteiger partial charge is 0.164 e. The lowest BCUT2D eigenvalue weighted by Crippen LogP contribution is -2.62. The number of ether oxygens (including phenoxy) is 4. The fourth-order valence-electron chi connectivity index (χ4n) is 10.5. The third-order valence-electron chi connectivity index (χ3n) is 12.2. The standard InChI is InChI=1S/C33H52O7/c1-27(2,35)13-12-26-32(9,40-29(5,6)39-26)25-11-15-33(36)20-16-22(34)21-17-23-24(38-28(3,4)37-23)18-30(21,7)19(20)10-14-31(25,33)8/h16,19,21,23-26,35-36H,10-15,17-18H2,1-9H3/t19-,21-,23+,24-,25-,26+,30-,31-,32+,33+/m0/s1. The van der Waals surface area contributed by atoms with E-state index in [0.717, 1.165) is 31.3 Å². The Bertz CT molecular complexity index is 1100. The summed E-state index contributed by atoms with van der Waals surface area (Å²) in [7, 11) is 0. The van der Waals surface area contributed by atoms with Gasteiger partial charge in [0, 0.05) is 11.3 Å². The summed E-state index contributed by atoms with van der Waals surface area (Å²) in [5.41, 5.74) is -2.28. The van der Waals surface area contributed by atoms with Gasteiger partial charge >= 0.3 is 0 Å². The largest absolute Gasteiger partial charge is 0.390 e. The lowest BCUT2D eigenvalue weighted by molar-refractivity contribution is -0.190. The number of aliphatic hydroxyl groups is 2. The predicted octanol–water partition coefficient (Wildman–Crippen LogP) is 5.45. The van der Waals surface area contributed by atoms with Gasteiger partial charge in [0.2, 0.25) is 0 Å². The van der Waals surface area contributed by atoms with Crippen LogP contribution in [0, 0.1) is 28.6 Å². The van der Waals surface area contributed by atoms with Crippen LogP contribution in [-0.2, 0) is 23.7 Å². The second kappa shape index (κ2) is 8.63. The van der Waals surface area contributed by atoms with Crippen molar-refractivity contribution in [2.24, 2.45) is 28.6 Å². The van der Waals surface area contributed by atoms with Crippen LogP contribution in [-0.4, -0.2) is 62.7 Å². The number of ketones is 1. The first-order valence-corrected chi connectivity index (χ1v) is 15.7. The van der Waals surface area contributed by atoms with Crippen LogP contribution < -0.4 is 0 Å². The molecule has 4 aliphatic carbocycles. The summed E-state index contributed by atoms with van der Waals surface area (Å²) < 4.78 is 25.8. The molecule has 10 atom stereocenters. The molecule has 6 rings (SSSR count). The second-order valence-corrected chi connectivity index (χ2v) is 16.3. The number of fused-ring (bicyclic) bond motifs is 6. The Balaban J connectivity index is 1.33. The molecule has 3 saturated carbocycles. The molecule has 7 nitrogen and oxygen atoms in total. The van der Waals surface area contributed by atoms with Crippen molar-refractivity contribution in [1.29, 1.82) is 0 Å². The highest BCUT2D eigenvalue weighted by Gasteiger charge is 2.71. The average molecular weight is 561 g/mol. The number of hydrogen-bond donors (Lipinski definition) is 2. The van der Waals surface area contributed by atoms with Crippen molar-refractivity contribution in [3.05, 3.63) is 11.6 Å². The van der Waals surface area contributed by atoms with E-state index in [2.05, 4.69) is 20.8 Å². The van der Waals surface area contributed by atoms with E-state index < -0.39 is 33.8 Å². The van der Waals surface area contributed by atoms with Gasteiger partial charge in [-0.3, -0.25) is 4.79 Å². The van der Waals surface area contributed by atoms with Gasteiger partial charge in [-0.1, -0.05) is 13.8 Å². The van der Waals surface area contributed by atoms with Gasteiger partial charge < -0.3 is 29.2 Å². The summed E-state index contributed by atoms with van der Waals surface area (Å²) in [5, 5.41) is 23.3. The molecule has 5 fully saturated rings. The van der Waals surface area contributed by atoms with Crippen molar-refractivity contribution in [1.82, 2.24) is 0 Å². The fourth-order valence-corrected chi connectivity index (χ4v) is 10.5. The maximum absolute atomic E-state index is 13.8. The highest BCUT2D eigenvalue weighted by atomic mass is 16.8. The van der Waals surface area contributed by atoms with Crippen LogP contribution in [0.15, 0.2) is 11.6 Å². The quantitative estimate of drug-likeness (QED) is 0.472. The third kappa shape index (κ3) is 4.16. The molecule has 6 aliphatic rings.